The summed E-state index contributed by atoms with van der Waals surface area (Å²) in [5.74, 6) is 0.261. The average Bonchev–Trinajstić information content (AvgIpc) is 2.89. The second-order valence-electron chi connectivity index (χ2n) is 9.16. The zero-order valence-corrected chi connectivity index (χ0v) is 19.4. The smallest absolute Gasteiger partial charge is 0.0629 e. The molecule has 1 N–H and O–H groups in total. The van der Waals surface area contributed by atoms with Crippen molar-refractivity contribution in [3.05, 3.63) is 133 Å². The minimum Gasteiger partial charge on any atom is -0.385 e. The molecule has 3 aromatic carbocycles. The lowest BCUT2D eigenvalue weighted by atomic mass is 9.79. The second kappa shape index (κ2) is 8.39. The molecule has 2 atom stereocenters. The Hall–Kier alpha value is -4.04. The molecule has 1 aliphatic carbocycles. The summed E-state index contributed by atoms with van der Waals surface area (Å²) >= 11 is 0. The molecule has 0 radical (unpaired) electrons. The summed E-state index contributed by atoms with van der Waals surface area (Å²) in [5, 5.41) is 3.36. The van der Waals surface area contributed by atoms with Crippen LogP contribution in [0.1, 0.15) is 18.1 Å². The zero-order chi connectivity index (χ0) is 23.1. The van der Waals surface area contributed by atoms with Crippen molar-refractivity contribution in [1.29, 1.82) is 0 Å². The third kappa shape index (κ3) is 3.43. The number of fused-ring (bicyclic) bond motifs is 2. The molecule has 0 amide bonds. The van der Waals surface area contributed by atoms with E-state index >= 15 is 0 Å². The third-order valence-corrected chi connectivity index (χ3v) is 7.08. The minimum absolute atomic E-state index is 0.209. The molecule has 0 bridgehead atoms. The summed E-state index contributed by atoms with van der Waals surface area (Å²) in [6.45, 7) is 7.48. The molecule has 6 rings (SSSR count). The topological polar surface area (TPSA) is 15.3 Å². The van der Waals surface area contributed by atoms with Crippen LogP contribution < -0.4 is 10.2 Å². The molecule has 0 fully saturated rings. The monoisotopic (exact) mass is 440 g/mol. The molecule has 0 saturated heterocycles. The fourth-order valence-corrected chi connectivity index (χ4v) is 5.39. The van der Waals surface area contributed by atoms with E-state index in [0.717, 1.165) is 6.54 Å². The second-order valence-corrected chi connectivity index (χ2v) is 9.16. The van der Waals surface area contributed by atoms with Crippen LogP contribution >= 0.6 is 0 Å². The third-order valence-electron chi connectivity index (χ3n) is 7.08. The highest BCUT2D eigenvalue weighted by Crippen LogP contribution is 2.48. The van der Waals surface area contributed by atoms with Crippen molar-refractivity contribution in [2.24, 2.45) is 5.92 Å². The molecular formula is C32H28N2. The van der Waals surface area contributed by atoms with Crippen molar-refractivity contribution < 1.29 is 0 Å². The summed E-state index contributed by atoms with van der Waals surface area (Å²) in [4.78, 5) is 2.50. The number of hydrogen-bond donors (Lipinski definition) is 1. The van der Waals surface area contributed by atoms with Gasteiger partial charge >= 0.3 is 0 Å². The molecule has 166 valence electrons. The van der Waals surface area contributed by atoms with Gasteiger partial charge in [0.15, 0.2) is 0 Å². The summed E-state index contributed by atoms with van der Waals surface area (Å²) < 4.78 is 0. The van der Waals surface area contributed by atoms with Gasteiger partial charge in [0, 0.05) is 40.7 Å². The van der Waals surface area contributed by atoms with Gasteiger partial charge in [-0.15, -0.1) is 0 Å². The Balaban J connectivity index is 1.45. The molecule has 3 aliphatic rings. The van der Waals surface area contributed by atoms with E-state index in [4.69, 9.17) is 0 Å². The molecule has 3 aromatic rings. The lowest BCUT2D eigenvalue weighted by molar-refractivity contribution is 0.662. The van der Waals surface area contributed by atoms with E-state index in [1.807, 2.05) is 0 Å². The minimum atomic E-state index is 0.209. The number of allylic oxidation sites excluding steroid dienone is 5. The van der Waals surface area contributed by atoms with E-state index in [1.165, 1.54) is 50.5 Å². The molecule has 0 saturated carbocycles. The lowest BCUT2D eigenvalue weighted by Crippen LogP contribution is -2.40. The first kappa shape index (κ1) is 20.6. The standard InChI is InChI=1S/C32H28N2/c1-22-21-26(19-20-33-22)24-15-17-25(18-16-24)29-11-5-8-14-32(29)34-30-12-6-3-9-27(30)23(2)28-10-4-7-13-31(28)34/h3-19,21,27,30,33H,2,20H2,1H3. The number of anilines is 2. The van der Waals surface area contributed by atoms with Gasteiger partial charge in [-0.25, -0.2) is 0 Å². The van der Waals surface area contributed by atoms with Crippen molar-refractivity contribution in [3.63, 3.8) is 0 Å². The molecule has 2 nitrogen and oxygen atoms in total. The lowest BCUT2D eigenvalue weighted by Gasteiger charge is -2.44. The van der Waals surface area contributed by atoms with Crippen LogP contribution in [0, 0.1) is 5.92 Å². The van der Waals surface area contributed by atoms with E-state index in [-0.39, 0.29) is 12.0 Å². The first-order valence-corrected chi connectivity index (χ1v) is 12.0. The molecular weight excluding hydrogens is 412 g/mol. The SMILES string of the molecule is C=C1c2ccccc2N(c2ccccc2-c2ccc(C3=CCNC(C)=C3)cc2)C2C=CC=CC12. The predicted octanol–water partition coefficient (Wildman–Crippen LogP) is 7.52. The van der Waals surface area contributed by atoms with Gasteiger partial charge in [0.25, 0.3) is 0 Å². The van der Waals surface area contributed by atoms with Crippen LogP contribution in [-0.2, 0) is 0 Å². The highest BCUT2D eigenvalue weighted by Gasteiger charge is 2.36. The molecule has 34 heavy (non-hydrogen) atoms. The Kier molecular flexibility index (Phi) is 5.07. The number of rotatable bonds is 3. The number of nitrogens with one attached hydrogen (secondary N) is 1. The first-order chi connectivity index (χ1) is 16.7. The van der Waals surface area contributed by atoms with Crippen LogP contribution in [0.15, 0.2) is 122 Å². The maximum Gasteiger partial charge on any atom is 0.0629 e. The van der Waals surface area contributed by atoms with Crippen LogP contribution in [-0.4, -0.2) is 12.6 Å². The van der Waals surface area contributed by atoms with E-state index in [2.05, 4.69) is 133 Å². The maximum atomic E-state index is 4.48. The molecule has 0 spiro atoms. The highest BCUT2D eigenvalue weighted by atomic mass is 15.2. The van der Waals surface area contributed by atoms with Gasteiger partial charge in [-0.05, 0) is 47.4 Å². The van der Waals surface area contributed by atoms with Gasteiger partial charge in [-0.3, -0.25) is 0 Å². The van der Waals surface area contributed by atoms with Gasteiger partial charge in [-0.1, -0.05) is 97.6 Å². The Morgan fingerprint density at radius 3 is 2.21 bits per heavy atom. The Labute approximate surface area is 201 Å². The van der Waals surface area contributed by atoms with Crippen LogP contribution in [0.25, 0.3) is 22.3 Å². The molecule has 0 aromatic heterocycles. The number of nitrogens with zero attached hydrogens (tertiary/aromatic N) is 1. The Bertz CT molecular complexity index is 1380. The van der Waals surface area contributed by atoms with Crippen LogP contribution in [0.2, 0.25) is 0 Å². The molecule has 2 aliphatic heterocycles. The number of dihydropyridines is 1. The quantitative estimate of drug-likeness (QED) is 0.453. The van der Waals surface area contributed by atoms with Crippen molar-refractivity contribution in [1.82, 2.24) is 5.32 Å². The number of hydrogen-bond acceptors (Lipinski definition) is 2. The molecule has 2 heterocycles. The van der Waals surface area contributed by atoms with Gasteiger partial charge in [-0.2, -0.15) is 0 Å². The fourth-order valence-electron chi connectivity index (χ4n) is 5.39. The van der Waals surface area contributed by atoms with E-state index in [0.29, 0.717) is 0 Å². The van der Waals surface area contributed by atoms with Gasteiger partial charge in [0.1, 0.15) is 0 Å². The van der Waals surface area contributed by atoms with Crippen molar-refractivity contribution in [3.8, 4) is 11.1 Å². The van der Waals surface area contributed by atoms with Crippen molar-refractivity contribution >= 4 is 22.5 Å². The summed E-state index contributed by atoms with van der Waals surface area (Å²) in [5.41, 5.74) is 11.1. The number of para-hydroxylation sites is 2. The largest absolute Gasteiger partial charge is 0.385 e. The van der Waals surface area contributed by atoms with E-state index < -0.39 is 0 Å². The Morgan fingerprint density at radius 2 is 1.44 bits per heavy atom. The van der Waals surface area contributed by atoms with Gasteiger partial charge < -0.3 is 10.2 Å². The summed E-state index contributed by atoms with van der Waals surface area (Å²) in [6, 6.07) is 26.6. The van der Waals surface area contributed by atoms with Crippen LogP contribution in [0.4, 0.5) is 11.4 Å². The molecule has 2 unspecified atom stereocenters. The predicted molar refractivity (Wildman–Crippen MR) is 145 cm³/mol. The van der Waals surface area contributed by atoms with Crippen molar-refractivity contribution in [2.45, 2.75) is 13.0 Å². The van der Waals surface area contributed by atoms with Crippen LogP contribution in [0.3, 0.4) is 0 Å². The number of benzene rings is 3. The summed E-state index contributed by atoms with van der Waals surface area (Å²) in [6.07, 6.45) is 13.4. The van der Waals surface area contributed by atoms with Crippen molar-refractivity contribution in [2.75, 3.05) is 11.4 Å². The fraction of sp³-hybridized carbons (Fsp3) is 0.125. The zero-order valence-electron chi connectivity index (χ0n) is 19.4. The van der Waals surface area contributed by atoms with E-state index in [1.54, 1.807) is 0 Å². The maximum absolute atomic E-state index is 4.48. The highest BCUT2D eigenvalue weighted by molar-refractivity contribution is 5.91. The van der Waals surface area contributed by atoms with Gasteiger partial charge in [0.2, 0.25) is 0 Å². The van der Waals surface area contributed by atoms with E-state index in [9.17, 15) is 0 Å². The first-order valence-electron chi connectivity index (χ1n) is 12.0. The summed E-state index contributed by atoms with van der Waals surface area (Å²) in [7, 11) is 0. The Morgan fingerprint density at radius 1 is 0.794 bits per heavy atom. The van der Waals surface area contributed by atoms with Gasteiger partial charge in [0.05, 0.1) is 6.04 Å². The molecule has 2 heteroatoms. The normalized spacial score (nSPS) is 20.7. The van der Waals surface area contributed by atoms with Crippen LogP contribution in [0.5, 0.6) is 0 Å². The average molecular weight is 441 g/mol.